The SMILES string of the molecule is CC(C)CNOC(C=O)C(C=O)ONCC(C)C. The van der Waals surface area contributed by atoms with Crippen LogP contribution in [0.5, 0.6) is 0 Å². The average Bonchev–Trinajstić information content (AvgIpc) is 2.30. The topological polar surface area (TPSA) is 76.7 Å². The van der Waals surface area contributed by atoms with E-state index in [9.17, 15) is 9.59 Å². The normalized spacial score (nSPS) is 14.8. The highest BCUT2D eigenvalue weighted by molar-refractivity contribution is 5.68. The van der Waals surface area contributed by atoms with Crippen LogP contribution < -0.4 is 11.0 Å². The van der Waals surface area contributed by atoms with Gasteiger partial charge in [0.2, 0.25) is 0 Å². The lowest BCUT2D eigenvalue weighted by Crippen LogP contribution is -2.42. The van der Waals surface area contributed by atoms with E-state index in [0.29, 0.717) is 37.5 Å². The maximum atomic E-state index is 10.8. The summed E-state index contributed by atoms with van der Waals surface area (Å²) in [6.07, 6.45) is -0.825. The molecule has 0 rings (SSSR count). The van der Waals surface area contributed by atoms with Crippen molar-refractivity contribution in [2.24, 2.45) is 11.8 Å². The highest BCUT2D eigenvalue weighted by atomic mass is 16.7. The molecule has 2 unspecified atom stereocenters. The van der Waals surface area contributed by atoms with Crippen LogP contribution in [0, 0.1) is 11.8 Å². The second-order valence-electron chi connectivity index (χ2n) is 4.92. The number of carbonyl (C=O) groups excluding carboxylic acids is 2. The zero-order chi connectivity index (χ0) is 14.0. The summed E-state index contributed by atoms with van der Waals surface area (Å²) in [5.41, 5.74) is 5.30. The van der Waals surface area contributed by atoms with Gasteiger partial charge in [-0.05, 0) is 11.8 Å². The summed E-state index contributed by atoms with van der Waals surface area (Å²) in [6.45, 7) is 9.20. The van der Waals surface area contributed by atoms with E-state index in [1.807, 2.05) is 27.7 Å². The number of carbonyl (C=O) groups is 2. The molecule has 2 N–H and O–H groups in total. The lowest BCUT2D eigenvalue weighted by Gasteiger charge is -2.20. The fourth-order valence-corrected chi connectivity index (χ4v) is 0.967. The van der Waals surface area contributed by atoms with Crippen molar-refractivity contribution < 1.29 is 19.3 Å². The third kappa shape index (κ3) is 8.30. The quantitative estimate of drug-likeness (QED) is 0.415. The van der Waals surface area contributed by atoms with Gasteiger partial charge in [0.05, 0.1) is 0 Å². The van der Waals surface area contributed by atoms with Gasteiger partial charge in [-0.15, -0.1) is 0 Å². The molecule has 0 spiro atoms. The van der Waals surface area contributed by atoms with Gasteiger partial charge in [-0.1, -0.05) is 27.7 Å². The predicted octanol–water partition coefficient (Wildman–Crippen LogP) is 0.476. The average molecular weight is 260 g/mol. The molecule has 0 saturated carbocycles. The summed E-state index contributed by atoms with van der Waals surface area (Å²) < 4.78 is 0. The van der Waals surface area contributed by atoms with Crippen LogP contribution in [0.3, 0.4) is 0 Å². The molecule has 0 heterocycles. The Morgan fingerprint density at radius 3 is 1.39 bits per heavy atom. The fourth-order valence-electron chi connectivity index (χ4n) is 0.967. The van der Waals surface area contributed by atoms with Crippen molar-refractivity contribution in [3.05, 3.63) is 0 Å². The summed E-state index contributed by atoms with van der Waals surface area (Å²) in [5, 5.41) is 0. The minimum Gasteiger partial charge on any atom is -0.300 e. The van der Waals surface area contributed by atoms with E-state index in [4.69, 9.17) is 9.68 Å². The Bertz CT molecular complexity index is 210. The zero-order valence-electron chi connectivity index (χ0n) is 11.5. The number of rotatable bonds is 11. The lowest BCUT2D eigenvalue weighted by atomic mass is 10.2. The maximum Gasteiger partial charge on any atom is 0.169 e. The Balaban J connectivity index is 4.05. The van der Waals surface area contributed by atoms with Gasteiger partial charge in [0.1, 0.15) is 0 Å². The van der Waals surface area contributed by atoms with Crippen molar-refractivity contribution in [2.45, 2.75) is 39.9 Å². The summed E-state index contributed by atoms with van der Waals surface area (Å²) in [6, 6.07) is 0. The van der Waals surface area contributed by atoms with Crippen molar-refractivity contribution in [3.8, 4) is 0 Å². The Labute approximate surface area is 108 Å². The standard InChI is InChI=1S/C12H24N2O4/c1-9(2)5-13-17-11(7-15)12(8-16)18-14-6-10(3)4/h7-14H,5-6H2,1-4H3. The fraction of sp³-hybridized carbons (Fsp3) is 0.833. The smallest absolute Gasteiger partial charge is 0.169 e. The van der Waals surface area contributed by atoms with Crippen LogP contribution in [0.2, 0.25) is 0 Å². The van der Waals surface area contributed by atoms with Gasteiger partial charge < -0.3 is 9.59 Å². The molecule has 0 bridgehead atoms. The maximum absolute atomic E-state index is 10.8. The van der Waals surface area contributed by atoms with Crippen LogP contribution in [0.25, 0.3) is 0 Å². The van der Waals surface area contributed by atoms with Crippen molar-refractivity contribution in [3.63, 3.8) is 0 Å². The van der Waals surface area contributed by atoms with Crippen LogP contribution in [-0.4, -0.2) is 37.9 Å². The molecule has 2 atom stereocenters. The zero-order valence-corrected chi connectivity index (χ0v) is 11.5. The number of hydrogen-bond acceptors (Lipinski definition) is 6. The van der Waals surface area contributed by atoms with E-state index < -0.39 is 12.2 Å². The predicted molar refractivity (Wildman–Crippen MR) is 67.6 cm³/mol. The number of nitrogens with one attached hydrogen (secondary N) is 2. The molecular weight excluding hydrogens is 236 g/mol. The molecule has 0 aliphatic heterocycles. The summed E-state index contributed by atoms with van der Waals surface area (Å²) in [4.78, 5) is 31.9. The Kier molecular flexibility index (Phi) is 9.67. The van der Waals surface area contributed by atoms with E-state index in [2.05, 4.69) is 11.0 Å². The Morgan fingerprint density at radius 2 is 1.17 bits per heavy atom. The molecule has 0 aliphatic carbocycles. The first-order valence-corrected chi connectivity index (χ1v) is 6.18. The van der Waals surface area contributed by atoms with Crippen molar-refractivity contribution in [2.75, 3.05) is 13.1 Å². The van der Waals surface area contributed by atoms with E-state index in [0.717, 1.165) is 0 Å². The first-order valence-electron chi connectivity index (χ1n) is 6.18. The highest BCUT2D eigenvalue weighted by Gasteiger charge is 2.23. The van der Waals surface area contributed by atoms with Crippen molar-refractivity contribution in [1.82, 2.24) is 11.0 Å². The Hall–Kier alpha value is -0.820. The largest absolute Gasteiger partial charge is 0.300 e. The summed E-state index contributed by atoms with van der Waals surface area (Å²) in [7, 11) is 0. The van der Waals surface area contributed by atoms with Crippen LogP contribution >= 0.6 is 0 Å². The third-order valence-electron chi connectivity index (χ3n) is 2.01. The first kappa shape index (κ1) is 17.2. The van der Waals surface area contributed by atoms with E-state index in [1.165, 1.54) is 0 Å². The highest BCUT2D eigenvalue weighted by Crippen LogP contribution is 1.98. The molecule has 0 amide bonds. The van der Waals surface area contributed by atoms with Gasteiger partial charge in [0.15, 0.2) is 24.8 Å². The lowest BCUT2D eigenvalue weighted by molar-refractivity contribution is -0.158. The monoisotopic (exact) mass is 260 g/mol. The van der Waals surface area contributed by atoms with Gasteiger partial charge >= 0.3 is 0 Å². The van der Waals surface area contributed by atoms with Gasteiger partial charge in [0, 0.05) is 13.1 Å². The number of aldehydes is 2. The second-order valence-corrected chi connectivity index (χ2v) is 4.92. The van der Waals surface area contributed by atoms with Crippen molar-refractivity contribution >= 4 is 12.6 Å². The Morgan fingerprint density at radius 1 is 0.833 bits per heavy atom. The van der Waals surface area contributed by atoms with E-state index in [-0.39, 0.29) is 0 Å². The molecule has 6 nitrogen and oxygen atoms in total. The second kappa shape index (κ2) is 10.1. The minimum absolute atomic E-state index is 0.381. The molecule has 0 aromatic heterocycles. The third-order valence-corrected chi connectivity index (χ3v) is 2.01. The first-order chi connectivity index (χ1) is 8.51. The molecule has 0 fully saturated rings. The van der Waals surface area contributed by atoms with E-state index in [1.54, 1.807) is 0 Å². The van der Waals surface area contributed by atoms with Gasteiger partial charge in [-0.25, -0.2) is 11.0 Å². The van der Waals surface area contributed by atoms with Crippen LogP contribution in [0.15, 0.2) is 0 Å². The summed E-state index contributed by atoms with van der Waals surface area (Å²) in [5.74, 6) is 0.763. The molecule has 0 aromatic carbocycles. The number of hydrogen-bond donors (Lipinski definition) is 2. The van der Waals surface area contributed by atoms with Crippen LogP contribution in [0.1, 0.15) is 27.7 Å². The number of hydroxylamine groups is 2. The molecule has 18 heavy (non-hydrogen) atoms. The van der Waals surface area contributed by atoms with Crippen molar-refractivity contribution in [1.29, 1.82) is 0 Å². The van der Waals surface area contributed by atoms with Gasteiger partial charge in [-0.3, -0.25) is 9.68 Å². The summed E-state index contributed by atoms with van der Waals surface area (Å²) >= 11 is 0. The minimum atomic E-state index is -0.957. The molecule has 0 aromatic rings. The molecule has 0 radical (unpaired) electrons. The molecule has 0 aliphatic rings. The van der Waals surface area contributed by atoms with E-state index >= 15 is 0 Å². The molecule has 6 heteroatoms. The van der Waals surface area contributed by atoms with Crippen LogP contribution in [0.4, 0.5) is 0 Å². The van der Waals surface area contributed by atoms with Gasteiger partial charge in [0.25, 0.3) is 0 Å². The molecular formula is C12H24N2O4. The van der Waals surface area contributed by atoms with Crippen LogP contribution in [-0.2, 0) is 19.3 Å². The molecule has 0 saturated heterocycles. The molecule has 106 valence electrons. The van der Waals surface area contributed by atoms with Gasteiger partial charge in [-0.2, -0.15) is 0 Å².